The molecule has 1 unspecified atom stereocenters. The largest absolute Gasteiger partial charge is 0.481 e. The summed E-state index contributed by atoms with van der Waals surface area (Å²) in [6.45, 7) is 0.233. The van der Waals surface area contributed by atoms with E-state index >= 15 is 0 Å². The van der Waals surface area contributed by atoms with Gasteiger partial charge in [0.25, 0.3) is 0 Å². The quantitative estimate of drug-likeness (QED) is 0.590. The van der Waals surface area contributed by atoms with E-state index in [2.05, 4.69) is 26.6 Å². The molecule has 0 spiro atoms. The van der Waals surface area contributed by atoms with Crippen LogP contribution in [0.4, 0.5) is 4.79 Å². The first-order chi connectivity index (χ1) is 9.88. The van der Waals surface area contributed by atoms with Crippen molar-refractivity contribution in [1.29, 1.82) is 0 Å². The first kappa shape index (κ1) is 17.0. The molecule has 1 aromatic carbocycles. The second-order valence-corrected chi connectivity index (χ2v) is 5.20. The number of carboxylic acids is 2. The molecule has 0 saturated heterocycles. The number of rotatable bonds is 7. The minimum Gasteiger partial charge on any atom is -0.481 e. The third-order valence-corrected chi connectivity index (χ3v) is 3.09. The van der Waals surface area contributed by atoms with Crippen molar-refractivity contribution in [3.8, 4) is 0 Å². The molecule has 0 heterocycles. The topological polar surface area (TPSA) is 116 Å². The van der Waals surface area contributed by atoms with E-state index in [0.29, 0.717) is 0 Å². The average Bonchev–Trinajstić information content (AvgIpc) is 2.40. The SMILES string of the molecule is O=C(O)CCC(NC(=O)NCc1cccc(Br)c1)C(=O)O. The molecule has 1 aromatic rings. The standard InChI is InChI=1S/C13H15BrN2O5/c14-9-3-1-2-8(6-9)7-15-13(21)16-10(12(19)20)4-5-11(17)18/h1-3,6,10H,4-5,7H2,(H,17,18)(H,19,20)(H2,15,16,21). The number of nitrogens with one attached hydrogen (secondary N) is 2. The Balaban J connectivity index is 2.46. The van der Waals surface area contributed by atoms with Crippen molar-refractivity contribution in [1.82, 2.24) is 10.6 Å². The van der Waals surface area contributed by atoms with Gasteiger partial charge in [0.05, 0.1) is 0 Å². The molecule has 0 fully saturated rings. The Morgan fingerprint density at radius 3 is 2.52 bits per heavy atom. The first-order valence-electron chi connectivity index (χ1n) is 6.12. The summed E-state index contributed by atoms with van der Waals surface area (Å²) in [5, 5.41) is 22.2. The number of urea groups is 1. The van der Waals surface area contributed by atoms with Crippen LogP contribution in [0.2, 0.25) is 0 Å². The summed E-state index contributed by atoms with van der Waals surface area (Å²) in [4.78, 5) is 33.0. The van der Waals surface area contributed by atoms with Gasteiger partial charge in [-0.15, -0.1) is 0 Å². The van der Waals surface area contributed by atoms with Crippen LogP contribution < -0.4 is 10.6 Å². The number of halogens is 1. The average molecular weight is 359 g/mol. The van der Waals surface area contributed by atoms with Crippen LogP contribution in [0.15, 0.2) is 28.7 Å². The Hall–Kier alpha value is -2.09. The predicted octanol–water partition coefficient (Wildman–Crippen LogP) is 1.57. The number of hydrogen-bond donors (Lipinski definition) is 4. The van der Waals surface area contributed by atoms with Gasteiger partial charge in [-0.1, -0.05) is 28.1 Å². The van der Waals surface area contributed by atoms with Crippen molar-refractivity contribution in [2.75, 3.05) is 0 Å². The molecular weight excluding hydrogens is 344 g/mol. The fourth-order valence-electron chi connectivity index (χ4n) is 1.56. The van der Waals surface area contributed by atoms with Gasteiger partial charge in [0.15, 0.2) is 0 Å². The van der Waals surface area contributed by atoms with E-state index in [-0.39, 0.29) is 19.4 Å². The summed E-state index contributed by atoms with van der Waals surface area (Å²) < 4.78 is 0.868. The van der Waals surface area contributed by atoms with Crippen molar-refractivity contribution < 1.29 is 24.6 Å². The Kier molecular flexibility index (Phi) is 6.67. The number of carboxylic acid groups (broad SMARTS) is 2. The normalized spacial score (nSPS) is 11.5. The first-order valence-corrected chi connectivity index (χ1v) is 6.91. The zero-order chi connectivity index (χ0) is 15.8. The van der Waals surface area contributed by atoms with E-state index in [0.717, 1.165) is 10.0 Å². The highest BCUT2D eigenvalue weighted by Gasteiger charge is 2.20. The van der Waals surface area contributed by atoms with Gasteiger partial charge < -0.3 is 20.8 Å². The molecule has 2 amide bonds. The molecule has 8 heteroatoms. The highest BCUT2D eigenvalue weighted by atomic mass is 79.9. The number of carbonyl (C=O) groups excluding carboxylic acids is 1. The molecule has 21 heavy (non-hydrogen) atoms. The lowest BCUT2D eigenvalue weighted by molar-refractivity contribution is -0.140. The Morgan fingerprint density at radius 1 is 1.24 bits per heavy atom. The van der Waals surface area contributed by atoms with Crippen LogP contribution in [-0.2, 0) is 16.1 Å². The molecule has 114 valence electrons. The van der Waals surface area contributed by atoms with Crippen LogP contribution in [0.1, 0.15) is 18.4 Å². The zero-order valence-electron chi connectivity index (χ0n) is 11.0. The van der Waals surface area contributed by atoms with Crippen LogP contribution in [0.5, 0.6) is 0 Å². The second-order valence-electron chi connectivity index (χ2n) is 4.28. The van der Waals surface area contributed by atoms with E-state index < -0.39 is 24.0 Å². The summed E-state index contributed by atoms with van der Waals surface area (Å²) in [7, 11) is 0. The number of aliphatic carboxylic acids is 2. The molecule has 0 bridgehead atoms. The third kappa shape index (κ3) is 6.75. The highest BCUT2D eigenvalue weighted by molar-refractivity contribution is 9.10. The molecule has 0 aliphatic carbocycles. The van der Waals surface area contributed by atoms with Crippen molar-refractivity contribution in [3.05, 3.63) is 34.3 Å². The number of hydrogen-bond acceptors (Lipinski definition) is 3. The van der Waals surface area contributed by atoms with Crippen molar-refractivity contribution in [3.63, 3.8) is 0 Å². The van der Waals surface area contributed by atoms with Crippen LogP contribution in [0.25, 0.3) is 0 Å². The van der Waals surface area contributed by atoms with Crippen molar-refractivity contribution in [2.24, 2.45) is 0 Å². The lowest BCUT2D eigenvalue weighted by atomic mass is 10.1. The van der Waals surface area contributed by atoms with E-state index in [1.165, 1.54) is 0 Å². The number of carbonyl (C=O) groups is 3. The molecule has 0 aliphatic rings. The molecule has 4 N–H and O–H groups in total. The minimum atomic E-state index is -1.27. The lowest BCUT2D eigenvalue weighted by Crippen LogP contribution is -2.46. The molecule has 0 aromatic heterocycles. The second kappa shape index (κ2) is 8.25. The fraction of sp³-hybridized carbons (Fsp3) is 0.308. The highest BCUT2D eigenvalue weighted by Crippen LogP contribution is 2.11. The summed E-state index contributed by atoms with van der Waals surface area (Å²) in [6.07, 6.45) is -0.502. The van der Waals surface area contributed by atoms with E-state index in [1.54, 1.807) is 0 Å². The van der Waals surface area contributed by atoms with E-state index in [9.17, 15) is 14.4 Å². The molecule has 0 aliphatic heterocycles. The van der Waals surface area contributed by atoms with Gasteiger partial charge in [-0.3, -0.25) is 4.79 Å². The van der Waals surface area contributed by atoms with Crippen molar-refractivity contribution >= 4 is 33.9 Å². The molecule has 1 atom stereocenters. The molecule has 7 nitrogen and oxygen atoms in total. The Labute approximate surface area is 129 Å². The summed E-state index contributed by atoms with van der Waals surface area (Å²) >= 11 is 3.30. The van der Waals surface area contributed by atoms with Gasteiger partial charge in [-0.25, -0.2) is 9.59 Å². The van der Waals surface area contributed by atoms with Gasteiger partial charge in [-0.05, 0) is 24.1 Å². The van der Waals surface area contributed by atoms with Crippen LogP contribution in [-0.4, -0.2) is 34.2 Å². The predicted molar refractivity (Wildman–Crippen MR) is 77.8 cm³/mol. The fourth-order valence-corrected chi connectivity index (χ4v) is 2.01. The zero-order valence-corrected chi connectivity index (χ0v) is 12.6. The summed E-state index contributed by atoms with van der Waals surface area (Å²) in [5.41, 5.74) is 0.844. The third-order valence-electron chi connectivity index (χ3n) is 2.59. The van der Waals surface area contributed by atoms with Gasteiger partial charge in [0.2, 0.25) is 0 Å². The monoisotopic (exact) mass is 358 g/mol. The van der Waals surface area contributed by atoms with E-state index in [4.69, 9.17) is 10.2 Å². The maximum atomic E-state index is 11.6. The van der Waals surface area contributed by atoms with Gasteiger partial charge in [0, 0.05) is 17.4 Å². The summed E-state index contributed by atoms with van der Waals surface area (Å²) in [5.74, 6) is -2.38. The van der Waals surface area contributed by atoms with Gasteiger partial charge >= 0.3 is 18.0 Å². The maximum Gasteiger partial charge on any atom is 0.326 e. The maximum absolute atomic E-state index is 11.6. The Bertz CT molecular complexity index is 535. The summed E-state index contributed by atoms with van der Waals surface area (Å²) in [6, 6.07) is 5.39. The minimum absolute atomic E-state index is 0.172. The van der Waals surface area contributed by atoms with E-state index in [1.807, 2.05) is 24.3 Å². The number of benzene rings is 1. The van der Waals surface area contributed by atoms with Crippen LogP contribution in [0.3, 0.4) is 0 Å². The van der Waals surface area contributed by atoms with Crippen LogP contribution >= 0.6 is 15.9 Å². The lowest BCUT2D eigenvalue weighted by Gasteiger charge is -2.14. The Morgan fingerprint density at radius 2 is 1.95 bits per heavy atom. The van der Waals surface area contributed by atoms with Gasteiger partial charge in [0.1, 0.15) is 6.04 Å². The molecule has 1 rings (SSSR count). The van der Waals surface area contributed by atoms with Crippen LogP contribution in [0, 0.1) is 0 Å². The molecular formula is C13H15BrN2O5. The smallest absolute Gasteiger partial charge is 0.326 e. The number of amides is 2. The van der Waals surface area contributed by atoms with Gasteiger partial charge in [-0.2, -0.15) is 0 Å². The molecule has 0 saturated carbocycles. The molecule has 0 radical (unpaired) electrons. The van der Waals surface area contributed by atoms with Crippen molar-refractivity contribution in [2.45, 2.75) is 25.4 Å².